The van der Waals surface area contributed by atoms with E-state index in [9.17, 15) is 13.2 Å². The van der Waals surface area contributed by atoms with Crippen molar-refractivity contribution in [3.8, 4) is 5.75 Å². The summed E-state index contributed by atoms with van der Waals surface area (Å²) in [6.07, 6.45) is 2.62. The molecule has 1 atom stereocenters. The van der Waals surface area contributed by atoms with Gasteiger partial charge in [-0.15, -0.1) is 0 Å². The average molecular weight is 458 g/mol. The Morgan fingerprint density at radius 2 is 1.97 bits per heavy atom. The van der Waals surface area contributed by atoms with Crippen LogP contribution in [-0.2, 0) is 16.6 Å². The Hall–Kier alpha value is -2.91. The number of fused-ring (bicyclic) bond motifs is 1. The van der Waals surface area contributed by atoms with Crippen molar-refractivity contribution in [2.45, 2.75) is 39.3 Å². The van der Waals surface area contributed by atoms with Gasteiger partial charge in [0.05, 0.1) is 23.1 Å². The number of benzene rings is 2. The number of carbonyl (C=O) groups excluding carboxylic acids is 1. The highest BCUT2D eigenvalue weighted by Gasteiger charge is 2.28. The van der Waals surface area contributed by atoms with E-state index >= 15 is 0 Å². The molecular formula is C23H27N3O5S. The van der Waals surface area contributed by atoms with Crippen LogP contribution >= 0.6 is 0 Å². The highest BCUT2D eigenvalue weighted by atomic mass is 32.2. The van der Waals surface area contributed by atoms with Gasteiger partial charge < -0.3 is 14.6 Å². The molecule has 0 radical (unpaired) electrons. The summed E-state index contributed by atoms with van der Waals surface area (Å²) in [5.41, 5.74) is 2.00. The van der Waals surface area contributed by atoms with Crippen LogP contribution in [0.1, 0.15) is 40.2 Å². The van der Waals surface area contributed by atoms with Gasteiger partial charge in [-0.2, -0.15) is 0 Å². The second kappa shape index (κ2) is 8.91. The topological polar surface area (TPSA) is 102 Å². The SMILES string of the molecule is Cc1noc(C)c1COc1cc2ccccc2cc1C(=O)NC1CCCN(S(C)(=O)=O)C1. The maximum absolute atomic E-state index is 13.2. The fourth-order valence-corrected chi connectivity index (χ4v) is 4.91. The van der Waals surface area contributed by atoms with E-state index in [2.05, 4.69) is 10.5 Å². The lowest BCUT2D eigenvalue weighted by atomic mass is 10.0. The van der Waals surface area contributed by atoms with Gasteiger partial charge in [0.25, 0.3) is 5.91 Å². The smallest absolute Gasteiger partial charge is 0.255 e. The Kier molecular flexibility index (Phi) is 6.21. The first-order valence-electron chi connectivity index (χ1n) is 10.6. The first-order chi connectivity index (χ1) is 15.2. The Bertz CT molecular complexity index is 1230. The van der Waals surface area contributed by atoms with E-state index in [4.69, 9.17) is 9.26 Å². The van der Waals surface area contributed by atoms with Crippen molar-refractivity contribution in [3.63, 3.8) is 0 Å². The summed E-state index contributed by atoms with van der Waals surface area (Å²) in [6.45, 7) is 4.65. The average Bonchev–Trinajstić information content (AvgIpc) is 3.08. The number of carbonyl (C=O) groups is 1. The van der Waals surface area contributed by atoms with E-state index in [1.165, 1.54) is 10.6 Å². The summed E-state index contributed by atoms with van der Waals surface area (Å²) < 4.78 is 36.5. The van der Waals surface area contributed by atoms with Gasteiger partial charge in [0, 0.05) is 19.1 Å². The molecule has 1 unspecified atom stereocenters. The largest absolute Gasteiger partial charge is 0.488 e. The number of hydrogen-bond acceptors (Lipinski definition) is 6. The third-order valence-electron chi connectivity index (χ3n) is 5.83. The molecule has 1 aromatic heterocycles. The van der Waals surface area contributed by atoms with E-state index in [0.29, 0.717) is 30.0 Å². The molecule has 170 valence electrons. The van der Waals surface area contributed by atoms with Crippen LogP contribution in [0.3, 0.4) is 0 Å². The zero-order chi connectivity index (χ0) is 22.9. The number of rotatable bonds is 6. The first kappa shape index (κ1) is 22.3. The summed E-state index contributed by atoms with van der Waals surface area (Å²) in [5, 5.41) is 8.83. The number of ether oxygens (including phenoxy) is 1. The summed E-state index contributed by atoms with van der Waals surface area (Å²) >= 11 is 0. The minimum Gasteiger partial charge on any atom is -0.488 e. The van der Waals surface area contributed by atoms with Crippen molar-refractivity contribution >= 4 is 26.7 Å². The second-order valence-electron chi connectivity index (χ2n) is 8.22. The maximum atomic E-state index is 13.2. The van der Waals surface area contributed by atoms with Crippen molar-refractivity contribution in [2.24, 2.45) is 0 Å². The normalized spacial score (nSPS) is 17.4. The molecule has 32 heavy (non-hydrogen) atoms. The molecule has 1 amide bonds. The van der Waals surface area contributed by atoms with Crippen molar-refractivity contribution < 1.29 is 22.5 Å². The number of aromatic nitrogens is 1. The van der Waals surface area contributed by atoms with Crippen LogP contribution in [0.4, 0.5) is 0 Å². The minimum absolute atomic E-state index is 0.227. The first-order valence-corrected chi connectivity index (χ1v) is 12.4. The van der Waals surface area contributed by atoms with Crippen LogP contribution in [-0.4, -0.2) is 49.2 Å². The minimum atomic E-state index is -3.30. The van der Waals surface area contributed by atoms with Gasteiger partial charge in [-0.3, -0.25) is 4.79 Å². The number of nitrogens with zero attached hydrogens (tertiary/aromatic N) is 2. The molecule has 0 saturated carbocycles. The number of piperidine rings is 1. The molecular weight excluding hydrogens is 430 g/mol. The fraction of sp³-hybridized carbons (Fsp3) is 0.391. The molecule has 2 aromatic carbocycles. The van der Waals surface area contributed by atoms with Crippen LogP contribution in [0.25, 0.3) is 10.8 Å². The lowest BCUT2D eigenvalue weighted by Crippen LogP contribution is -2.49. The number of amides is 1. The van der Waals surface area contributed by atoms with E-state index < -0.39 is 10.0 Å². The van der Waals surface area contributed by atoms with Crippen LogP contribution < -0.4 is 10.1 Å². The van der Waals surface area contributed by atoms with Crippen LogP contribution in [0, 0.1) is 13.8 Å². The van der Waals surface area contributed by atoms with Crippen molar-refractivity contribution in [1.82, 2.24) is 14.8 Å². The predicted octanol–water partition coefficient (Wildman–Crippen LogP) is 3.18. The lowest BCUT2D eigenvalue weighted by molar-refractivity contribution is 0.0917. The highest BCUT2D eigenvalue weighted by Crippen LogP contribution is 2.28. The summed E-state index contributed by atoms with van der Waals surface area (Å²) in [6, 6.07) is 11.2. The number of aryl methyl sites for hydroxylation is 2. The number of hydrogen-bond donors (Lipinski definition) is 1. The third-order valence-corrected chi connectivity index (χ3v) is 7.10. The van der Waals surface area contributed by atoms with E-state index in [1.54, 1.807) is 0 Å². The Labute approximate surface area is 187 Å². The number of nitrogens with one attached hydrogen (secondary N) is 1. The van der Waals surface area contributed by atoms with Crippen molar-refractivity contribution in [2.75, 3.05) is 19.3 Å². The van der Waals surface area contributed by atoms with Gasteiger partial charge in [-0.25, -0.2) is 12.7 Å². The molecule has 1 aliphatic rings. The predicted molar refractivity (Wildman–Crippen MR) is 121 cm³/mol. The van der Waals surface area contributed by atoms with Crippen LogP contribution in [0.2, 0.25) is 0 Å². The molecule has 9 heteroatoms. The van der Waals surface area contributed by atoms with Gasteiger partial charge in [0.2, 0.25) is 10.0 Å². The standard InChI is InChI=1S/C23H27N3O5S/c1-15-21(16(2)31-25-15)14-30-22-12-18-8-5-4-7-17(18)11-20(22)23(27)24-19-9-6-10-26(13-19)32(3,28)29/h4-5,7-8,11-12,19H,6,9-10,13-14H2,1-3H3,(H,24,27). The molecule has 0 bridgehead atoms. The molecule has 2 heterocycles. The van der Waals surface area contributed by atoms with Gasteiger partial charge in [0.15, 0.2) is 0 Å². The lowest BCUT2D eigenvalue weighted by Gasteiger charge is -2.31. The van der Waals surface area contributed by atoms with Gasteiger partial charge in [-0.1, -0.05) is 29.4 Å². The second-order valence-corrected chi connectivity index (χ2v) is 10.2. The molecule has 8 nitrogen and oxygen atoms in total. The van der Waals surface area contributed by atoms with E-state index in [0.717, 1.165) is 28.5 Å². The molecule has 1 saturated heterocycles. The summed E-state index contributed by atoms with van der Waals surface area (Å²) in [5.74, 6) is 0.846. The monoisotopic (exact) mass is 457 g/mol. The quantitative estimate of drug-likeness (QED) is 0.610. The fourth-order valence-electron chi connectivity index (χ4n) is 4.00. The third kappa shape index (κ3) is 4.78. The molecule has 3 aromatic rings. The Morgan fingerprint density at radius 1 is 1.25 bits per heavy atom. The van der Waals surface area contributed by atoms with Crippen molar-refractivity contribution in [1.29, 1.82) is 0 Å². The van der Waals surface area contributed by atoms with E-state index in [-0.39, 0.29) is 25.1 Å². The Morgan fingerprint density at radius 3 is 2.62 bits per heavy atom. The van der Waals surface area contributed by atoms with E-state index in [1.807, 2.05) is 50.2 Å². The zero-order valence-electron chi connectivity index (χ0n) is 18.4. The van der Waals surface area contributed by atoms with Crippen LogP contribution in [0.5, 0.6) is 5.75 Å². The van der Waals surface area contributed by atoms with Gasteiger partial charge >= 0.3 is 0 Å². The summed E-state index contributed by atoms with van der Waals surface area (Å²) in [7, 11) is -3.30. The highest BCUT2D eigenvalue weighted by molar-refractivity contribution is 7.88. The van der Waals surface area contributed by atoms with Gasteiger partial charge in [0.1, 0.15) is 18.1 Å². The molecule has 4 rings (SSSR count). The zero-order valence-corrected chi connectivity index (χ0v) is 19.2. The van der Waals surface area contributed by atoms with Crippen LogP contribution in [0.15, 0.2) is 40.9 Å². The molecule has 0 spiro atoms. The summed E-state index contributed by atoms with van der Waals surface area (Å²) in [4.78, 5) is 13.2. The van der Waals surface area contributed by atoms with Gasteiger partial charge in [-0.05, 0) is 49.6 Å². The maximum Gasteiger partial charge on any atom is 0.255 e. The number of sulfonamides is 1. The molecule has 1 aliphatic heterocycles. The molecule has 0 aliphatic carbocycles. The molecule has 1 fully saturated rings. The molecule has 1 N–H and O–H groups in total. The Balaban J connectivity index is 1.60. The van der Waals surface area contributed by atoms with Crippen molar-refractivity contribution in [3.05, 3.63) is 59.0 Å².